The largest absolute Gasteiger partial charge is 0.462 e. The van der Waals surface area contributed by atoms with Crippen LogP contribution >= 0.6 is 0 Å². The van der Waals surface area contributed by atoms with E-state index in [1.54, 1.807) is 0 Å². The lowest BCUT2D eigenvalue weighted by Crippen LogP contribution is -2.70. The van der Waals surface area contributed by atoms with E-state index in [1.165, 1.54) is 6.92 Å². The zero-order chi connectivity index (χ0) is 20.6. The maximum atomic E-state index is 12.0. The van der Waals surface area contributed by atoms with Crippen LogP contribution in [0.4, 0.5) is 0 Å². The number of aliphatic hydroxyl groups excluding tert-OH is 1. The fraction of sp³-hybridized carbons (Fsp3) is 0.957. The molecule has 2 aliphatic heterocycles. The molecule has 4 fully saturated rings. The van der Waals surface area contributed by atoms with Gasteiger partial charge < -0.3 is 19.3 Å². The van der Waals surface area contributed by atoms with E-state index in [0.29, 0.717) is 18.9 Å². The van der Waals surface area contributed by atoms with Gasteiger partial charge in [-0.05, 0) is 63.2 Å². The highest BCUT2D eigenvalue weighted by molar-refractivity contribution is 5.66. The molecular formula is C23H38O5. The van der Waals surface area contributed by atoms with Crippen LogP contribution in [0.2, 0.25) is 0 Å². The number of hydrogen-bond acceptors (Lipinski definition) is 5. The van der Waals surface area contributed by atoms with Crippen LogP contribution in [0.15, 0.2) is 0 Å². The van der Waals surface area contributed by atoms with E-state index in [2.05, 4.69) is 34.6 Å². The average molecular weight is 395 g/mol. The first-order valence-corrected chi connectivity index (χ1v) is 11.0. The van der Waals surface area contributed by atoms with Gasteiger partial charge in [-0.25, -0.2) is 0 Å². The molecule has 5 nitrogen and oxygen atoms in total. The van der Waals surface area contributed by atoms with Crippen molar-refractivity contribution in [2.75, 3.05) is 13.2 Å². The molecule has 0 aromatic carbocycles. The predicted molar refractivity (Wildman–Crippen MR) is 106 cm³/mol. The maximum Gasteiger partial charge on any atom is 0.302 e. The summed E-state index contributed by atoms with van der Waals surface area (Å²) in [6.07, 6.45) is 5.65. The highest BCUT2D eigenvalue weighted by Gasteiger charge is 2.69. The van der Waals surface area contributed by atoms with E-state index in [-0.39, 0.29) is 52.2 Å². The zero-order valence-corrected chi connectivity index (χ0v) is 18.5. The molecule has 0 amide bonds. The lowest BCUT2D eigenvalue weighted by molar-refractivity contribution is -0.347. The van der Waals surface area contributed by atoms with Crippen LogP contribution in [0.3, 0.4) is 0 Å². The van der Waals surface area contributed by atoms with Crippen molar-refractivity contribution in [1.82, 2.24) is 0 Å². The Labute approximate surface area is 169 Å². The highest BCUT2D eigenvalue weighted by atomic mass is 16.6. The van der Waals surface area contributed by atoms with E-state index in [1.807, 2.05) is 0 Å². The van der Waals surface area contributed by atoms with Gasteiger partial charge >= 0.3 is 5.97 Å². The van der Waals surface area contributed by atoms with Crippen LogP contribution in [-0.2, 0) is 19.0 Å². The third kappa shape index (κ3) is 2.65. The summed E-state index contributed by atoms with van der Waals surface area (Å²) in [7, 11) is 0. The summed E-state index contributed by atoms with van der Waals surface area (Å²) in [4.78, 5) is 12.0. The first-order chi connectivity index (χ1) is 12.9. The van der Waals surface area contributed by atoms with Gasteiger partial charge in [0.25, 0.3) is 0 Å². The molecule has 8 atom stereocenters. The third-order valence-electron chi connectivity index (χ3n) is 9.27. The Morgan fingerprint density at radius 1 is 1.11 bits per heavy atom. The van der Waals surface area contributed by atoms with Crippen LogP contribution in [0.5, 0.6) is 0 Å². The number of ether oxygens (including phenoxy) is 3. The van der Waals surface area contributed by atoms with E-state index < -0.39 is 0 Å². The van der Waals surface area contributed by atoms with Crippen molar-refractivity contribution < 1.29 is 24.1 Å². The summed E-state index contributed by atoms with van der Waals surface area (Å²) in [5.41, 5.74) is -1.18. The molecule has 1 N–H and O–H groups in total. The third-order valence-corrected chi connectivity index (χ3v) is 9.27. The molecular weight excluding hydrogens is 356 g/mol. The quantitative estimate of drug-likeness (QED) is 0.721. The molecule has 2 heterocycles. The predicted octanol–water partition coefficient (Wildman–Crippen LogP) is 3.86. The molecule has 2 saturated heterocycles. The van der Waals surface area contributed by atoms with E-state index in [9.17, 15) is 9.90 Å². The topological polar surface area (TPSA) is 65.0 Å². The minimum Gasteiger partial charge on any atom is -0.462 e. The molecule has 160 valence electrons. The Hall–Kier alpha value is -0.650. The van der Waals surface area contributed by atoms with Gasteiger partial charge in [0, 0.05) is 25.9 Å². The van der Waals surface area contributed by atoms with Gasteiger partial charge in [-0.3, -0.25) is 4.79 Å². The molecule has 1 unspecified atom stereocenters. The molecule has 0 bridgehead atoms. The fourth-order valence-corrected chi connectivity index (χ4v) is 7.78. The van der Waals surface area contributed by atoms with E-state index >= 15 is 0 Å². The van der Waals surface area contributed by atoms with Gasteiger partial charge in [-0.15, -0.1) is 0 Å². The van der Waals surface area contributed by atoms with Gasteiger partial charge in [-0.1, -0.05) is 20.3 Å². The SMILES string of the molecule is CC(=O)O[C@H]1C[C@@]2(C)OC3(C)CO[C@]3(C)CC[C@@H]2[C@@]2(C)CCC[C@](C)(CO)[C@H]12. The number of carbonyl (C=O) groups is 1. The van der Waals surface area contributed by atoms with Crippen molar-refractivity contribution in [3.05, 3.63) is 0 Å². The number of carbonyl (C=O) groups excluding carboxylic acids is 1. The van der Waals surface area contributed by atoms with E-state index in [4.69, 9.17) is 14.2 Å². The van der Waals surface area contributed by atoms with Crippen molar-refractivity contribution in [3.8, 4) is 0 Å². The first-order valence-electron chi connectivity index (χ1n) is 11.0. The summed E-state index contributed by atoms with van der Waals surface area (Å²) in [5.74, 6) is 0.254. The summed E-state index contributed by atoms with van der Waals surface area (Å²) >= 11 is 0. The van der Waals surface area contributed by atoms with Crippen LogP contribution in [0.25, 0.3) is 0 Å². The summed E-state index contributed by atoms with van der Waals surface area (Å²) in [6, 6.07) is 0. The Kier molecular flexibility index (Phi) is 4.55. The van der Waals surface area contributed by atoms with Crippen molar-refractivity contribution in [2.45, 2.75) is 103 Å². The minimum atomic E-state index is -0.366. The van der Waals surface area contributed by atoms with Crippen molar-refractivity contribution in [1.29, 1.82) is 0 Å². The Morgan fingerprint density at radius 3 is 2.39 bits per heavy atom. The van der Waals surface area contributed by atoms with Gasteiger partial charge in [-0.2, -0.15) is 0 Å². The van der Waals surface area contributed by atoms with Gasteiger partial charge in [0.1, 0.15) is 11.7 Å². The molecule has 0 radical (unpaired) electrons. The monoisotopic (exact) mass is 394 g/mol. The lowest BCUT2D eigenvalue weighted by atomic mass is 9.44. The number of rotatable bonds is 2. The second-order valence-corrected chi connectivity index (χ2v) is 11.3. The minimum absolute atomic E-state index is 0.0423. The smallest absolute Gasteiger partial charge is 0.302 e. The molecule has 4 aliphatic rings. The number of aliphatic hydroxyl groups is 1. The Balaban J connectivity index is 1.80. The summed E-state index contributed by atoms with van der Waals surface area (Å²) < 4.78 is 18.9. The second kappa shape index (κ2) is 6.18. The highest BCUT2D eigenvalue weighted by Crippen LogP contribution is 2.67. The normalized spacial score (nSPS) is 55.8. The van der Waals surface area contributed by atoms with E-state index in [0.717, 1.165) is 32.1 Å². The van der Waals surface area contributed by atoms with Crippen molar-refractivity contribution >= 4 is 5.97 Å². The fourth-order valence-electron chi connectivity index (χ4n) is 7.78. The van der Waals surface area contributed by atoms with Crippen molar-refractivity contribution in [2.24, 2.45) is 22.7 Å². The van der Waals surface area contributed by atoms with Crippen LogP contribution in [-0.4, -0.2) is 47.2 Å². The number of fused-ring (bicyclic) bond motifs is 4. The van der Waals surface area contributed by atoms with Crippen LogP contribution in [0.1, 0.15) is 80.1 Å². The Bertz CT molecular complexity index is 665. The molecule has 2 saturated carbocycles. The molecule has 0 aromatic rings. The van der Waals surface area contributed by atoms with Crippen LogP contribution in [0, 0.1) is 22.7 Å². The second-order valence-electron chi connectivity index (χ2n) is 11.3. The molecule has 5 heteroatoms. The molecule has 2 aliphatic carbocycles. The van der Waals surface area contributed by atoms with Crippen LogP contribution < -0.4 is 0 Å². The summed E-state index contributed by atoms with van der Waals surface area (Å²) in [5, 5.41) is 10.4. The van der Waals surface area contributed by atoms with Gasteiger partial charge in [0.05, 0.1) is 17.8 Å². The molecule has 0 spiro atoms. The number of esters is 1. The standard InChI is InChI=1S/C23H38O5/c1-15(25)27-16-12-21(4)17(8-11-22(5)23(6,28-21)14-26-22)20(3)10-7-9-19(2,13-24)18(16)20/h16-18,24H,7-14H2,1-6H3/t16-,17+,18-,19+,20+,21+,22+,23?/m0/s1. The number of hydrogen-bond donors (Lipinski definition) is 1. The molecule has 0 aromatic heterocycles. The molecule has 28 heavy (non-hydrogen) atoms. The molecule has 4 rings (SSSR count). The average Bonchev–Trinajstić information content (AvgIpc) is 2.63. The Morgan fingerprint density at radius 2 is 1.82 bits per heavy atom. The van der Waals surface area contributed by atoms with Gasteiger partial charge in [0.2, 0.25) is 0 Å². The lowest BCUT2D eigenvalue weighted by Gasteiger charge is -2.65. The maximum absolute atomic E-state index is 12.0. The van der Waals surface area contributed by atoms with Gasteiger partial charge in [0.15, 0.2) is 0 Å². The van der Waals surface area contributed by atoms with Crippen molar-refractivity contribution in [3.63, 3.8) is 0 Å². The summed E-state index contributed by atoms with van der Waals surface area (Å²) in [6.45, 7) is 13.4. The first kappa shape index (κ1) is 20.6. The zero-order valence-electron chi connectivity index (χ0n) is 18.5.